The minimum atomic E-state index is 0.672. The van der Waals surface area contributed by atoms with Crippen molar-refractivity contribution in [1.29, 1.82) is 0 Å². The monoisotopic (exact) mass is 250 g/mol. The number of methoxy groups -OCH3 is 1. The quantitative estimate of drug-likeness (QED) is 0.842. The minimum absolute atomic E-state index is 0.672. The number of nitrogens with zero attached hydrogens (tertiary/aromatic N) is 1. The van der Waals surface area contributed by atoms with E-state index in [1.165, 1.54) is 22.2 Å². The molecule has 0 bridgehead atoms. The van der Waals surface area contributed by atoms with Crippen LogP contribution in [0.25, 0.3) is 10.9 Å². The van der Waals surface area contributed by atoms with E-state index in [-0.39, 0.29) is 0 Å². The summed E-state index contributed by atoms with van der Waals surface area (Å²) in [5.41, 5.74) is 3.97. The maximum atomic E-state index is 6.18. The number of aromatic nitrogens is 1. The highest BCUT2D eigenvalue weighted by Crippen LogP contribution is 2.35. The molecule has 3 nitrogen and oxygen atoms in total. The molecule has 0 atom stereocenters. The van der Waals surface area contributed by atoms with Gasteiger partial charge in [0.25, 0.3) is 0 Å². The molecule has 0 unspecified atom stereocenters. The summed E-state index contributed by atoms with van der Waals surface area (Å²) in [6, 6.07) is 4.04. The molecule has 1 aromatic heterocycles. The highest BCUT2D eigenvalue weighted by atomic mass is 35.5. The van der Waals surface area contributed by atoms with Crippen LogP contribution in [0.1, 0.15) is 11.3 Å². The van der Waals surface area contributed by atoms with Crippen LogP contribution in [-0.4, -0.2) is 18.2 Å². The van der Waals surface area contributed by atoms with Gasteiger partial charge in [-0.2, -0.15) is 0 Å². The number of hydrogen-bond donors (Lipinski definition) is 1. The molecule has 2 aromatic rings. The molecule has 0 radical (unpaired) electrons. The fourth-order valence-corrected chi connectivity index (χ4v) is 2.89. The number of rotatable bonds is 1. The van der Waals surface area contributed by atoms with Gasteiger partial charge in [0.05, 0.1) is 17.6 Å². The van der Waals surface area contributed by atoms with E-state index in [2.05, 4.69) is 16.9 Å². The third kappa shape index (κ3) is 1.53. The van der Waals surface area contributed by atoms with Gasteiger partial charge in [-0.1, -0.05) is 11.6 Å². The molecule has 2 heterocycles. The summed E-state index contributed by atoms with van der Waals surface area (Å²) in [7, 11) is 3.76. The van der Waals surface area contributed by atoms with Gasteiger partial charge >= 0.3 is 0 Å². The molecule has 1 aromatic carbocycles. The maximum absolute atomic E-state index is 6.18. The standard InChI is InChI=1S/C13H15ClN2O/c1-16-11-3-4-15-7-9(11)8-5-13(17-2)10(14)6-12(8)16/h5-6,15H,3-4,7H2,1-2H3. The number of ether oxygens (including phenoxy) is 1. The molecule has 1 aliphatic rings. The van der Waals surface area contributed by atoms with E-state index in [1.807, 2.05) is 12.1 Å². The molecule has 0 fully saturated rings. The van der Waals surface area contributed by atoms with E-state index < -0.39 is 0 Å². The normalized spacial score (nSPS) is 15.0. The first-order chi connectivity index (χ1) is 8.22. The highest BCUT2D eigenvalue weighted by molar-refractivity contribution is 6.32. The number of hydrogen-bond acceptors (Lipinski definition) is 2. The van der Waals surface area contributed by atoms with Crippen LogP contribution in [0.15, 0.2) is 12.1 Å². The molecular weight excluding hydrogens is 236 g/mol. The Bertz CT molecular complexity index is 589. The smallest absolute Gasteiger partial charge is 0.138 e. The van der Waals surface area contributed by atoms with Gasteiger partial charge in [0, 0.05) is 37.6 Å². The van der Waals surface area contributed by atoms with Gasteiger partial charge in [-0.3, -0.25) is 0 Å². The van der Waals surface area contributed by atoms with Crippen LogP contribution >= 0.6 is 11.6 Å². The van der Waals surface area contributed by atoms with Gasteiger partial charge < -0.3 is 14.6 Å². The number of fused-ring (bicyclic) bond motifs is 3. The van der Waals surface area contributed by atoms with Crippen LogP contribution in [0.4, 0.5) is 0 Å². The SMILES string of the molecule is COc1cc2c3c(n(C)c2cc1Cl)CCNC3. The molecule has 0 saturated carbocycles. The van der Waals surface area contributed by atoms with Crippen LogP contribution in [-0.2, 0) is 20.0 Å². The van der Waals surface area contributed by atoms with Crippen molar-refractivity contribution >= 4 is 22.5 Å². The zero-order chi connectivity index (χ0) is 12.0. The number of nitrogens with one attached hydrogen (secondary N) is 1. The molecule has 1 N–H and O–H groups in total. The van der Waals surface area contributed by atoms with Crippen molar-refractivity contribution in [3.8, 4) is 5.75 Å². The van der Waals surface area contributed by atoms with E-state index >= 15 is 0 Å². The maximum Gasteiger partial charge on any atom is 0.138 e. The third-order valence-corrected chi connectivity index (χ3v) is 3.85. The van der Waals surface area contributed by atoms with Crippen LogP contribution in [0, 0.1) is 0 Å². The molecule has 0 amide bonds. The summed E-state index contributed by atoms with van der Waals surface area (Å²) in [5.74, 6) is 0.748. The van der Waals surface area contributed by atoms with E-state index in [0.717, 1.165) is 25.3 Å². The van der Waals surface area contributed by atoms with Crippen LogP contribution in [0.2, 0.25) is 5.02 Å². The van der Waals surface area contributed by atoms with Crippen molar-refractivity contribution < 1.29 is 4.74 Å². The van der Waals surface area contributed by atoms with E-state index in [0.29, 0.717) is 5.02 Å². The topological polar surface area (TPSA) is 26.2 Å². The van der Waals surface area contributed by atoms with Crippen LogP contribution in [0.5, 0.6) is 5.75 Å². The summed E-state index contributed by atoms with van der Waals surface area (Å²) >= 11 is 6.18. The van der Waals surface area contributed by atoms with E-state index in [9.17, 15) is 0 Å². The minimum Gasteiger partial charge on any atom is -0.495 e. The second kappa shape index (κ2) is 3.93. The van der Waals surface area contributed by atoms with Crippen molar-refractivity contribution in [1.82, 2.24) is 9.88 Å². The van der Waals surface area contributed by atoms with Crippen molar-refractivity contribution in [3.63, 3.8) is 0 Å². The van der Waals surface area contributed by atoms with Crippen molar-refractivity contribution in [2.45, 2.75) is 13.0 Å². The lowest BCUT2D eigenvalue weighted by Crippen LogP contribution is -2.24. The summed E-state index contributed by atoms with van der Waals surface area (Å²) < 4.78 is 7.54. The fourth-order valence-electron chi connectivity index (χ4n) is 2.66. The Balaban J connectivity index is 2.35. The summed E-state index contributed by atoms with van der Waals surface area (Å²) in [4.78, 5) is 0. The molecular formula is C13H15ClN2O. The van der Waals surface area contributed by atoms with Gasteiger partial charge in [-0.05, 0) is 17.7 Å². The van der Waals surface area contributed by atoms with Gasteiger partial charge in [-0.15, -0.1) is 0 Å². The second-order valence-electron chi connectivity index (χ2n) is 4.41. The molecule has 3 rings (SSSR count). The van der Waals surface area contributed by atoms with Gasteiger partial charge in [-0.25, -0.2) is 0 Å². The lowest BCUT2D eigenvalue weighted by molar-refractivity contribution is 0.415. The first-order valence-electron chi connectivity index (χ1n) is 5.76. The first-order valence-corrected chi connectivity index (χ1v) is 6.14. The first kappa shape index (κ1) is 10.9. The number of aryl methyl sites for hydroxylation is 1. The fraction of sp³-hybridized carbons (Fsp3) is 0.385. The van der Waals surface area contributed by atoms with Crippen molar-refractivity contribution in [2.75, 3.05) is 13.7 Å². The Morgan fingerprint density at radius 2 is 2.24 bits per heavy atom. The molecule has 17 heavy (non-hydrogen) atoms. The molecule has 1 aliphatic heterocycles. The summed E-state index contributed by atoms with van der Waals surface area (Å²) in [6.45, 7) is 1.97. The molecule has 4 heteroatoms. The lowest BCUT2D eigenvalue weighted by atomic mass is 10.1. The predicted molar refractivity (Wildman–Crippen MR) is 69.9 cm³/mol. The largest absolute Gasteiger partial charge is 0.495 e. The number of benzene rings is 1. The van der Waals surface area contributed by atoms with Gasteiger partial charge in [0.15, 0.2) is 0 Å². The van der Waals surface area contributed by atoms with Gasteiger partial charge in [0.1, 0.15) is 5.75 Å². The van der Waals surface area contributed by atoms with Crippen LogP contribution in [0.3, 0.4) is 0 Å². The zero-order valence-corrected chi connectivity index (χ0v) is 10.8. The Labute approximate surface area is 105 Å². The Kier molecular flexibility index (Phi) is 2.53. The highest BCUT2D eigenvalue weighted by Gasteiger charge is 2.19. The third-order valence-electron chi connectivity index (χ3n) is 3.55. The summed E-state index contributed by atoms with van der Waals surface area (Å²) in [5, 5.41) is 5.33. The van der Waals surface area contributed by atoms with Crippen molar-refractivity contribution in [3.05, 3.63) is 28.4 Å². The Morgan fingerprint density at radius 1 is 1.41 bits per heavy atom. The second-order valence-corrected chi connectivity index (χ2v) is 4.82. The summed E-state index contributed by atoms with van der Waals surface area (Å²) in [6.07, 6.45) is 1.07. The van der Waals surface area contributed by atoms with Crippen molar-refractivity contribution in [2.24, 2.45) is 7.05 Å². The molecule has 0 spiro atoms. The molecule has 90 valence electrons. The lowest BCUT2D eigenvalue weighted by Gasteiger charge is -2.14. The number of halogens is 1. The molecule has 0 aliphatic carbocycles. The van der Waals surface area contributed by atoms with Crippen LogP contribution < -0.4 is 10.1 Å². The Hall–Kier alpha value is -1.19. The Morgan fingerprint density at radius 3 is 3.00 bits per heavy atom. The van der Waals surface area contributed by atoms with Gasteiger partial charge in [0.2, 0.25) is 0 Å². The zero-order valence-electron chi connectivity index (χ0n) is 10.0. The average Bonchev–Trinajstić information content (AvgIpc) is 2.63. The average molecular weight is 251 g/mol. The van der Waals surface area contributed by atoms with E-state index in [4.69, 9.17) is 16.3 Å². The van der Waals surface area contributed by atoms with E-state index in [1.54, 1.807) is 7.11 Å². The predicted octanol–water partition coefficient (Wildman–Crippen LogP) is 2.49. The molecule has 0 saturated heterocycles.